The van der Waals surface area contributed by atoms with Gasteiger partial charge in [-0.1, -0.05) is 26.0 Å². The van der Waals surface area contributed by atoms with E-state index in [0.717, 1.165) is 37.8 Å². The third kappa shape index (κ3) is 4.53. The molecule has 1 aromatic rings. The van der Waals surface area contributed by atoms with Gasteiger partial charge < -0.3 is 11.1 Å². The first kappa shape index (κ1) is 14.9. The second-order valence-corrected chi connectivity index (χ2v) is 5.30. The van der Waals surface area contributed by atoms with Crippen LogP contribution in [0.1, 0.15) is 32.3 Å². The lowest BCUT2D eigenvalue weighted by atomic mass is 10.1. The Balaban J connectivity index is 1.77. The van der Waals surface area contributed by atoms with E-state index in [1.165, 1.54) is 18.4 Å². The number of aryl methyl sites for hydroxylation is 1. The van der Waals surface area contributed by atoms with Gasteiger partial charge in [-0.2, -0.15) is 0 Å². The van der Waals surface area contributed by atoms with Crippen LogP contribution in [0.25, 0.3) is 0 Å². The Morgan fingerprint density at radius 1 is 1.30 bits per heavy atom. The summed E-state index contributed by atoms with van der Waals surface area (Å²) in [6, 6.07) is 9.11. The van der Waals surface area contributed by atoms with Gasteiger partial charge in [-0.05, 0) is 43.5 Å². The van der Waals surface area contributed by atoms with Gasteiger partial charge in [-0.15, -0.1) is 0 Å². The minimum Gasteiger partial charge on any atom is -0.370 e. The molecule has 0 bridgehead atoms. The van der Waals surface area contributed by atoms with Gasteiger partial charge in [-0.25, -0.2) is 0 Å². The first-order chi connectivity index (χ1) is 9.72. The lowest BCUT2D eigenvalue weighted by Gasteiger charge is -2.18. The van der Waals surface area contributed by atoms with Gasteiger partial charge in [0.1, 0.15) is 0 Å². The molecule has 1 fully saturated rings. The number of likely N-dealkylation sites (N-methyl/N-ethyl adjacent to an activating group) is 1. The highest BCUT2D eigenvalue weighted by molar-refractivity contribution is 5.92. The lowest BCUT2D eigenvalue weighted by Crippen LogP contribution is -2.30. The maximum Gasteiger partial charge on any atom is 0.193 e. The fourth-order valence-electron chi connectivity index (χ4n) is 2.35. The number of nitrogens with one attached hydrogen (secondary N) is 1. The molecule has 1 saturated carbocycles. The molecule has 1 aliphatic carbocycles. The Bertz CT molecular complexity index is 434. The van der Waals surface area contributed by atoms with Crippen LogP contribution in [0, 0.1) is 0 Å². The summed E-state index contributed by atoms with van der Waals surface area (Å²) in [4.78, 5) is 6.88. The molecule has 0 radical (unpaired) electrons. The minimum absolute atomic E-state index is 0.501. The third-order valence-electron chi connectivity index (χ3n) is 3.77. The molecule has 1 aromatic carbocycles. The molecule has 110 valence electrons. The summed E-state index contributed by atoms with van der Waals surface area (Å²) >= 11 is 0. The Kier molecular flexibility index (Phi) is 5.41. The molecule has 0 aliphatic heterocycles. The van der Waals surface area contributed by atoms with Gasteiger partial charge in [0.05, 0.1) is 6.54 Å². The smallest absolute Gasteiger partial charge is 0.193 e. The predicted octanol–water partition coefficient (Wildman–Crippen LogP) is 2.46. The van der Waals surface area contributed by atoms with Gasteiger partial charge in [0.25, 0.3) is 0 Å². The monoisotopic (exact) mass is 274 g/mol. The van der Waals surface area contributed by atoms with Crippen molar-refractivity contribution in [1.29, 1.82) is 0 Å². The zero-order valence-electron chi connectivity index (χ0n) is 12.6. The van der Waals surface area contributed by atoms with E-state index in [2.05, 4.69) is 41.2 Å². The van der Waals surface area contributed by atoms with E-state index < -0.39 is 0 Å². The van der Waals surface area contributed by atoms with Crippen LogP contribution in [0.2, 0.25) is 0 Å². The zero-order valence-corrected chi connectivity index (χ0v) is 12.6. The lowest BCUT2D eigenvalue weighted by molar-refractivity contribution is 0.286. The molecule has 0 heterocycles. The van der Waals surface area contributed by atoms with Crippen molar-refractivity contribution < 1.29 is 0 Å². The van der Waals surface area contributed by atoms with E-state index in [1.54, 1.807) is 0 Å². The predicted molar refractivity (Wildman–Crippen MR) is 86.2 cm³/mol. The fraction of sp³-hybridized carbons (Fsp3) is 0.562. The molecule has 4 heteroatoms. The van der Waals surface area contributed by atoms with E-state index in [9.17, 15) is 0 Å². The van der Waals surface area contributed by atoms with Crippen molar-refractivity contribution in [2.75, 3.05) is 25.0 Å². The van der Waals surface area contributed by atoms with Crippen LogP contribution >= 0.6 is 0 Å². The second kappa shape index (κ2) is 7.29. The number of hydrogen-bond donors (Lipinski definition) is 2. The summed E-state index contributed by atoms with van der Waals surface area (Å²) in [5, 5.41) is 3.14. The molecule has 0 spiro atoms. The molecule has 4 nitrogen and oxygen atoms in total. The number of nitrogens with zero attached hydrogens (tertiary/aromatic N) is 2. The summed E-state index contributed by atoms with van der Waals surface area (Å²) in [6.07, 6.45) is 3.74. The molecule has 0 saturated heterocycles. The first-order valence-electron chi connectivity index (χ1n) is 7.62. The second-order valence-electron chi connectivity index (χ2n) is 5.30. The van der Waals surface area contributed by atoms with Crippen molar-refractivity contribution in [2.24, 2.45) is 10.7 Å². The molecule has 2 rings (SSSR count). The van der Waals surface area contributed by atoms with E-state index >= 15 is 0 Å². The SMILES string of the molecule is CCc1ccc(NC(N)=NCCN(CC)C2CC2)cc1. The van der Waals surface area contributed by atoms with Crippen LogP contribution in [0.5, 0.6) is 0 Å². The molecule has 0 atom stereocenters. The van der Waals surface area contributed by atoms with Crippen molar-refractivity contribution in [3.05, 3.63) is 29.8 Å². The summed E-state index contributed by atoms with van der Waals surface area (Å²) in [7, 11) is 0. The number of nitrogens with two attached hydrogens (primary N) is 1. The number of rotatable bonds is 7. The van der Waals surface area contributed by atoms with Crippen LogP contribution in [0.4, 0.5) is 5.69 Å². The first-order valence-corrected chi connectivity index (χ1v) is 7.62. The van der Waals surface area contributed by atoms with Gasteiger partial charge >= 0.3 is 0 Å². The molecule has 0 aromatic heterocycles. The van der Waals surface area contributed by atoms with Gasteiger partial charge in [0.2, 0.25) is 0 Å². The molecule has 1 aliphatic rings. The van der Waals surface area contributed by atoms with E-state index in [4.69, 9.17) is 5.73 Å². The highest BCUT2D eigenvalue weighted by Crippen LogP contribution is 2.25. The molecular formula is C16H26N4. The maximum absolute atomic E-state index is 5.92. The summed E-state index contributed by atoms with van der Waals surface area (Å²) in [5.41, 5.74) is 8.24. The minimum atomic E-state index is 0.501. The maximum atomic E-state index is 5.92. The summed E-state index contributed by atoms with van der Waals surface area (Å²) < 4.78 is 0. The van der Waals surface area contributed by atoms with E-state index in [0.29, 0.717) is 5.96 Å². The standard InChI is InChI=1S/C16H26N4/c1-3-13-5-7-14(8-6-13)19-16(17)18-11-12-20(4-2)15-9-10-15/h5-8,15H,3-4,9-12H2,1-2H3,(H3,17,18,19). The summed E-state index contributed by atoms with van der Waals surface area (Å²) in [5.74, 6) is 0.501. The Hall–Kier alpha value is -1.55. The Morgan fingerprint density at radius 3 is 2.55 bits per heavy atom. The number of guanidine groups is 1. The average molecular weight is 274 g/mol. The van der Waals surface area contributed by atoms with E-state index in [1.807, 2.05) is 12.1 Å². The number of aliphatic imine (C=N–C) groups is 1. The topological polar surface area (TPSA) is 53.6 Å². The van der Waals surface area contributed by atoms with Crippen molar-refractivity contribution in [3.63, 3.8) is 0 Å². The molecule has 3 N–H and O–H groups in total. The zero-order chi connectivity index (χ0) is 14.4. The number of anilines is 1. The third-order valence-corrected chi connectivity index (χ3v) is 3.77. The van der Waals surface area contributed by atoms with Gasteiger partial charge in [0, 0.05) is 18.3 Å². The van der Waals surface area contributed by atoms with Crippen LogP contribution in [0.3, 0.4) is 0 Å². The van der Waals surface area contributed by atoms with Gasteiger partial charge in [-0.3, -0.25) is 9.89 Å². The van der Waals surface area contributed by atoms with Crippen LogP contribution < -0.4 is 11.1 Å². The van der Waals surface area contributed by atoms with Crippen molar-refractivity contribution >= 4 is 11.6 Å². The number of hydrogen-bond acceptors (Lipinski definition) is 2. The Labute approximate surface area is 122 Å². The molecule has 0 unspecified atom stereocenters. The molecule has 0 amide bonds. The van der Waals surface area contributed by atoms with Gasteiger partial charge in [0.15, 0.2) is 5.96 Å². The largest absolute Gasteiger partial charge is 0.370 e. The van der Waals surface area contributed by atoms with Crippen molar-refractivity contribution in [1.82, 2.24) is 4.90 Å². The molecular weight excluding hydrogens is 248 g/mol. The van der Waals surface area contributed by atoms with E-state index in [-0.39, 0.29) is 0 Å². The molecule has 20 heavy (non-hydrogen) atoms. The highest BCUT2D eigenvalue weighted by Gasteiger charge is 2.26. The van der Waals surface area contributed by atoms with Crippen molar-refractivity contribution in [3.8, 4) is 0 Å². The average Bonchev–Trinajstić information content (AvgIpc) is 3.29. The highest BCUT2D eigenvalue weighted by atomic mass is 15.2. The fourth-order valence-corrected chi connectivity index (χ4v) is 2.35. The quantitative estimate of drug-likeness (QED) is 0.593. The number of benzene rings is 1. The Morgan fingerprint density at radius 2 is 2.00 bits per heavy atom. The van der Waals surface area contributed by atoms with Crippen LogP contribution in [-0.4, -0.2) is 36.5 Å². The summed E-state index contributed by atoms with van der Waals surface area (Å²) in [6.45, 7) is 7.22. The normalized spacial score (nSPS) is 15.7. The van der Waals surface area contributed by atoms with Crippen LogP contribution in [0.15, 0.2) is 29.3 Å². The van der Waals surface area contributed by atoms with Crippen molar-refractivity contribution in [2.45, 2.75) is 39.2 Å². The van der Waals surface area contributed by atoms with Crippen LogP contribution in [-0.2, 0) is 6.42 Å².